The summed E-state index contributed by atoms with van der Waals surface area (Å²) in [6.07, 6.45) is -0.250. The molecule has 0 aromatic rings. The molecule has 2 N–H and O–H groups in total. The molecule has 0 aromatic carbocycles. The first-order valence-electron chi connectivity index (χ1n) is 8.47. The van der Waals surface area contributed by atoms with E-state index in [1.54, 1.807) is 20.8 Å². The number of aliphatic carboxylic acids is 1. The van der Waals surface area contributed by atoms with E-state index in [2.05, 4.69) is 5.32 Å². The van der Waals surface area contributed by atoms with Crippen LogP contribution in [0.1, 0.15) is 47.5 Å². The Hall–Kier alpha value is -1.63. The first kappa shape index (κ1) is 20.4. The molecule has 0 spiro atoms. The second-order valence-electron chi connectivity index (χ2n) is 7.72. The molecule has 7 heteroatoms. The van der Waals surface area contributed by atoms with Crippen molar-refractivity contribution in [2.45, 2.75) is 59.1 Å². The Morgan fingerprint density at radius 2 is 1.92 bits per heavy atom. The van der Waals surface area contributed by atoms with Gasteiger partial charge in [0.2, 0.25) is 0 Å². The summed E-state index contributed by atoms with van der Waals surface area (Å²) in [5, 5.41) is 12.2. The molecule has 0 aromatic heterocycles. The van der Waals surface area contributed by atoms with Gasteiger partial charge >= 0.3 is 12.1 Å². The Kier molecular flexibility index (Phi) is 7.20. The van der Waals surface area contributed by atoms with E-state index in [-0.39, 0.29) is 18.1 Å². The van der Waals surface area contributed by atoms with Crippen LogP contribution >= 0.6 is 0 Å². The zero-order chi connectivity index (χ0) is 18.5. The maximum atomic E-state index is 12.9. The second kappa shape index (κ2) is 8.46. The summed E-state index contributed by atoms with van der Waals surface area (Å²) in [7, 11) is 0. The molecule has 1 saturated heterocycles. The van der Waals surface area contributed by atoms with Gasteiger partial charge in [-0.15, -0.1) is 0 Å². The minimum absolute atomic E-state index is 0.199. The highest BCUT2D eigenvalue weighted by Crippen LogP contribution is 2.22. The van der Waals surface area contributed by atoms with Gasteiger partial charge in [0.25, 0.3) is 0 Å². The number of piperazine rings is 1. The lowest BCUT2D eigenvalue weighted by Crippen LogP contribution is -2.59. The maximum absolute atomic E-state index is 12.9. The predicted octanol–water partition coefficient (Wildman–Crippen LogP) is 1.90. The molecule has 7 nitrogen and oxygen atoms in total. The average molecular weight is 342 g/mol. The molecular weight excluding hydrogens is 312 g/mol. The van der Waals surface area contributed by atoms with Crippen molar-refractivity contribution >= 4 is 17.8 Å². The van der Waals surface area contributed by atoms with Gasteiger partial charge in [-0.2, -0.15) is 0 Å². The summed E-state index contributed by atoms with van der Waals surface area (Å²) < 4.78 is 5.39. The SMILES string of the molecule is CC(C)C[C@H](CC(=O)O)C(=O)[C@@H]1CNCCN1C(=O)OC(C)(C)C. The monoisotopic (exact) mass is 342 g/mol. The Bertz CT molecular complexity index is 470. The number of amides is 1. The van der Waals surface area contributed by atoms with Crippen LogP contribution < -0.4 is 5.32 Å². The van der Waals surface area contributed by atoms with Crippen molar-refractivity contribution < 1.29 is 24.2 Å². The number of carbonyl (C=O) groups is 3. The van der Waals surface area contributed by atoms with E-state index in [1.165, 1.54) is 4.90 Å². The fourth-order valence-corrected chi connectivity index (χ4v) is 2.85. The third-order valence-electron chi connectivity index (χ3n) is 3.78. The number of Topliss-reactive ketones (excluding diaryl/α,β-unsaturated/α-hetero) is 1. The summed E-state index contributed by atoms with van der Waals surface area (Å²) in [6, 6.07) is -0.684. The number of carboxylic acid groups (broad SMARTS) is 1. The summed E-state index contributed by atoms with van der Waals surface area (Å²) in [5.41, 5.74) is -0.645. The van der Waals surface area contributed by atoms with E-state index in [0.717, 1.165) is 0 Å². The number of rotatable bonds is 6. The Labute approximate surface area is 143 Å². The van der Waals surface area contributed by atoms with Gasteiger partial charge in [-0.25, -0.2) is 4.79 Å². The van der Waals surface area contributed by atoms with Crippen molar-refractivity contribution in [1.29, 1.82) is 0 Å². The molecule has 0 saturated carbocycles. The van der Waals surface area contributed by atoms with Crippen LogP contribution in [0.15, 0.2) is 0 Å². The van der Waals surface area contributed by atoms with Crippen LogP contribution in [0.3, 0.4) is 0 Å². The van der Waals surface area contributed by atoms with Gasteiger partial charge in [-0.05, 0) is 33.1 Å². The molecular formula is C17H30N2O5. The van der Waals surface area contributed by atoms with Crippen LogP contribution in [0.5, 0.6) is 0 Å². The molecule has 0 bridgehead atoms. The lowest BCUT2D eigenvalue weighted by Gasteiger charge is -2.37. The number of carboxylic acids is 1. The number of carbonyl (C=O) groups excluding carboxylic acids is 2. The predicted molar refractivity (Wildman–Crippen MR) is 89.8 cm³/mol. The van der Waals surface area contributed by atoms with Gasteiger partial charge in [0.15, 0.2) is 5.78 Å². The molecule has 1 fully saturated rings. The third kappa shape index (κ3) is 6.47. The number of ketones is 1. The topological polar surface area (TPSA) is 95.9 Å². The number of ether oxygens (including phenoxy) is 1. The fraction of sp³-hybridized carbons (Fsp3) is 0.824. The molecule has 0 unspecified atom stereocenters. The normalized spacial score (nSPS) is 19.9. The van der Waals surface area contributed by atoms with Crippen molar-refractivity contribution in [3.63, 3.8) is 0 Å². The molecule has 1 aliphatic rings. The molecule has 0 radical (unpaired) electrons. The fourth-order valence-electron chi connectivity index (χ4n) is 2.85. The molecule has 2 atom stereocenters. The van der Waals surface area contributed by atoms with Crippen LogP contribution in [-0.2, 0) is 14.3 Å². The smallest absolute Gasteiger partial charge is 0.410 e. The molecule has 24 heavy (non-hydrogen) atoms. The minimum Gasteiger partial charge on any atom is -0.481 e. The lowest BCUT2D eigenvalue weighted by atomic mass is 9.86. The highest BCUT2D eigenvalue weighted by molar-refractivity contribution is 5.92. The largest absolute Gasteiger partial charge is 0.481 e. The molecule has 1 rings (SSSR count). The Morgan fingerprint density at radius 1 is 1.29 bits per heavy atom. The van der Waals surface area contributed by atoms with Gasteiger partial charge in [-0.3, -0.25) is 14.5 Å². The van der Waals surface area contributed by atoms with Crippen molar-refractivity contribution in [2.75, 3.05) is 19.6 Å². The second-order valence-corrected chi connectivity index (χ2v) is 7.72. The van der Waals surface area contributed by atoms with Gasteiger partial charge < -0.3 is 15.2 Å². The summed E-state index contributed by atoms with van der Waals surface area (Å²) in [4.78, 5) is 37.8. The molecule has 1 aliphatic heterocycles. The quantitative estimate of drug-likeness (QED) is 0.765. The van der Waals surface area contributed by atoms with Crippen molar-refractivity contribution in [2.24, 2.45) is 11.8 Å². The number of hydrogen-bond donors (Lipinski definition) is 2. The summed E-state index contributed by atoms with van der Waals surface area (Å²) in [5.74, 6) is -1.60. The van der Waals surface area contributed by atoms with Gasteiger partial charge in [-0.1, -0.05) is 13.8 Å². The first-order chi connectivity index (χ1) is 11.0. The molecule has 1 amide bonds. The van der Waals surface area contributed by atoms with E-state index in [4.69, 9.17) is 9.84 Å². The van der Waals surface area contributed by atoms with Crippen LogP contribution in [0.2, 0.25) is 0 Å². The summed E-state index contributed by atoms with van der Waals surface area (Å²) in [6.45, 7) is 10.5. The third-order valence-corrected chi connectivity index (χ3v) is 3.78. The molecule has 1 heterocycles. The highest BCUT2D eigenvalue weighted by atomic mass is 16.6. The minimum atomic E-state index is -0.999. The standard InChI is InChI=1S/C17H30N2O5/c1-11(2)8-12(9-14(20)21)15(22)13-10-18-6-7-19(13)16(23)24-17(3,4)5/h11-13,18H,6-10H2,1-5H3,(H,20,21)/t12-,13+/m1/s1. The van der Waals surface area contributed by atoms with Crippen LogP contribution in [0.25, 0.3) is 0 Å². The van der Waals surface area contributed by atoms with Gasteiger partial charge in [0.1, 0.15) is 11.6 Å². The number of nitrogens with one attached hydrogen (secondary N) is 1. The van der Waals surface area contributed by atoms with Crippen molar-refractivity contribution in [3.8, 4) is 0 Å². The number of nitrogens with zero attached hydrogens (tertiary/aromatic N) is 1. The molecule has 138 valence electrons. The lowest BCUT2D eigenvalue weighted by molar-refractivity contribution is -0.142. The van der Waals surface area contributed by atoms with Crippen LogP contribution in [0.4, 0.5) is 4.79 Å². The van der Waals surface area contributed by atoms with E-state index >= 15 is 0 Å². The van der Waals surface area contributed by atoms with Crippen molar-refractivity contribution in [3.05, 3.63) is 0 Å². The van der Waals surface area contributed by atoms with Crippen LogP contribution in [0, 0.1) is 11.8 Å². The zero-order valence-corrected chi connectivity index (χ0v) is 15.3. The maximum Gasteiger partial charge on any atom is 0.410 e. The first-order valence-corrected chi connectivity index (χ1v) is 8.47. The number of hydrogen-bond acceptors (Lipinski definition) is 5. The van der Waals surface area contributed by atoms with Gasteiger partial charge in [0, 0.05) is 25.6 Å². The average Bonchev–Trinajstić information content (AvgIpc) is 2.43. The van der Waals surface area contributed by atoms with E-state index < -0.39 is 29.6 Å². The Morgan fingerprint density at radius 3 is 2.42 bits per heavy atom. The van der Waals surface area contributed by atoms with Gasteiger partial charge in [0.05, 0.1) is 6.42 Å². The van der Waals surface area contributed by atoms with E-state index in [1.807, 2.05) is 13.8 Å². The molecule has 0 aliphatic carbocycles. The zero-order valence-electron chi connectivity index (χ0n) is 15.3. The van der Waals surface area contributed by atoms with Crippen LogP contribution in [-0.4, -0.2) is 59.1 Å². The Balaban J connectivity index is 2.92. The highest BCUT2D eigenvalue weighted by Gasteiger charge is 2.38. The van der Waals surface area contributed by atoms with E-state index in [9.17, 15) is 14.4 Å². The van der Waals surface area contributed by atoms with Crippen molar-refractivity contribution in [1.82, 2.24) is 10.2 Å². The summed E-state index contributed by atoms with van der Waals surface area (Å²) >= 11 is 0. The van der Waals surface area contributed by atoms with E-state index in [0.29, 0.717) is 26.1 Å².